The van der Waals surface area contributed by atoms with Gasteiger partial charge in [-0.15, -0.1) is 16.4 Å². The Morgan fingerprint density at radius 3 is 2.72 bits per heavy atom. The van der Waals surface area contributed by atoms with Crippen LogP contribution in [0.1, 0.15) is 16.8 Å². The number of aromatic nitrogens is 3. The maximum atomic E-state index is 13.5. The van der Waals surface area contributed by atoms with E-state index in [9.17, 15) is 12.8 Å². The fourth-order valence-electron chi connectivity index (χ4n) is 2.92. The summed E-state index contributed by atoms with van der Waals surface area (Å²) in [5, 5.41) is 6.35. The van der Waals surface area contributed by atoms with Crippen molar-refractivity contribution >= 4 is 26.3 Å². The molecule has 4 aromatic rings. The molecule has 0 aliphatic rings. The smallest absolute Gasteiger partial charge is 0.211 e. The summed E-state index contributed by atoms with van der Waals surface area (Å²) in [7, 11) is -3.58. The third-order valence-corrected chi connectivity index (χ3v) is 7.02. The Morgan fingerprint density at radius 2 is 1.97 bits per heavy atom. The summed E-state index contributed by atoms with van der Waals surface area (Å²) in [5.41, 5.74) is 3.41. The number of thiazole rings is 1. The van der Waals surface area contributed by atoms with Gasteiger partial charge in [-0.2, -0.15) is 4.98 Å². The molecule has 4 rings (SSSR count). The Kier molecular flexibility index (Phi) is 5.20. The Bertz CT molecular complexity index is 1300. The highest BCUT2D eigenvalue weighted by Gasteiger charge is 2.16. The van der Waals surface area contributed by atoms with Crippen LogP contribution < -0.4 is 4.72 Å². The molecular formula is C20H19FN4O2S2. The van der Waals surface area contributed by atoms with Crippen LogP contribution >= 0.6 is 11.3 Å². The van der Waals surface area contributed by atoms with Crippen LogP contribution in [0.5, 0.6) is 0 Å². The average Bonchev–Trinajstić information content (AvgIpc) is 3.25. The Morgan fingerprint density at radius 1 is 1.14 bits per heavy atom. The quantitative estimate of drug-likeness (QED) is 0.506. The summed E-state index contributed by atoms with van der Waals surface area (Å²) in [4.78, 5) is 5.36. The molecule has 2 heterocycles. The van der Waals surface area contributed by atoms with Crippen LogP contribution in [0.3, 0.4) is 0 Å². The largest absolute Gasteiger partial charge is 0.240 e. The molecule has 0 saturated heterocycles. The van der Waals surface area contributed by atoms with Crippen LogP contribution in [0.15, 0.2) is 52.7 Å². The van der Waals surface area contributed by atoms with Crippen molar-refractivity contribution in [1.82, 2.24) is 19.3 Å². The number of benzene rings is 2. The fraction of sp³-hybridized carbons (Fsp3) is 0.200. The first-order valence-corrected chi connectivity index (χ1v) is 11.4. The lowest BCUT2D eigenvalue weighted by Gasteiger charge is -2.08. The zero-order valence-electron chi connectivity index (χ0n) is 15.9. The third-order valence-electron chi connectivity index (χ3n) is 4.69. The molecule has 2 aromatic heterocycles. The van der Waals surface area contributed by atoms with Crippen molar-refractivity contribution < 1.29 is 12.8 Å². The number of nitrogens with zero attached hydrogens (tertiary/aromatic N) is 3. The van der Waals surface area contributed by atoms with Crippen LogP contribution in [0.4, 0.5) is 4.39 Å². The number of sulfonamides is 1. The Labute approximate surface area is 172 Å². The molecule has 2 aromatic carbocycles. The molecule has 0 atom stereocenters. The van der Waals surface area contributed by atoms with E-state index >= 15 is 0 Å². The van der Waals surface area contributed by atoms with Gasteiger partial charge in [0.2, 0.25) is 15.0 Å². The van der Waals surface area contributed by atoms with Gasteiger partial charge in [-0.05, 0) is 49.2 Å². The first-order chi connectivity index (χ1) is 13.8. The van der Waals surface area contributed by atoms with Gasteiger partial charge in [0, 0.05) is 23.9 Å². The maximum absolute atomic E-state index is 13.5. The second-order valence-electron chi connectivity index (χ2n) is 6.76. The van der Waals surface area contributed by atoms with E-state index in [1.165, 1.54) is 23.5 Å². The molecule has 0 unspecified atom stereocenters. The van der Waals surface area contributed by atoms with Gasteiger partial charge < -0.3 is 0 Å². The zero-order valence-corrected chi connectivity index (χ0v) is 17.5. The van der Waals surface area contributed by atoms with Crippen molar-refractivity contribution in [3.63, 3.8) is 0 Å². The van der Waals surface area contributed by atoms with E-state index in [0.29, 0.717) is 22.8 Å². The first-order valence-electron chi connectivity index (χ1n) is 8.99. The predicted octanol–water partition coefficient (Wildman–Crippen LogP) is 3.73. The summed E-state index contributed by atoms with van der Waals surface area (Å²) in [6, 6.07) is 11.2. The summed E-state index contributed by atoms with van der Waals surface area (Å²) >= 11 is 1.41. The van der Waals surface area contributed by atoms with Gasteiger partial charge in [0.15, 0.2) is 5.82 Å². The van der Waals surface area contributed by atoms with Gasteiger partial charge in [-0.1, -0.05) is 18.2 Å². The minimum Gasteiger partial charge on any atom is -0.211 e. The SMILES string of the molecule is Cc1ccc(S(=O)(=O)NCCc2csc3nc(-c4cccc(F)c4)nn23)cc1C. The van der Waals surface area contributed by atoms with Crippen LogP contribution in [-0.2, 0) is 16.4 Å². The van der Waals surface area contributed by atoms with Gasteiger partial charge in [-0.25, -0.2) is 22.0 Å². The number of hydrogen-bond donors (Lipinski definition) is 1. The molecule has 150 valence electrons. The predicted molar refractivity (Wildman–Crippen MR) is 111 cm³/mol. The van der Waals surface area contributed by atoms with Gasteiger partial charge in [0.05, 0.1) is 10.6 Å². The second kappa shape index (κ2) is 7.66. The highest BCUT2D eigenvalue weighted by molar-refractivity contribution is 7.89. The van der Waals surface area contributed by atoms with Crippen LogP contribution in [0.2, 0.25) is 0 Å². The van der Waals surface area contributed by atoms with E-state index in [1.807, 2.05) is 19.2 Å². The lowest BCUT2D eigenvalue weighted by atomic mass is 10.1. The number of halogens is 1. The number of nitrogens with one attached hydrogen (secondary N) is 1. The molecule has 0 saturated carbocycles. The molecule has 1 N–H and O–H groups in total. The van der Waals surface area contributed by atoms with E-state index < -0.39 is 10.0 Å². The second-order valence-corrected chi connectivity index (χ2v) is 9.36. The lowest BCUT2D eigenvalue weighted by molar-refractivity contribution is 0.581. The first kappa shape index (κ1) is 19.7. The number of hydrogen-bond acceptors (Lipinski definition) is 5. The summed E-state index contributed by atoms with van der Waals surface area (Å²) in [6.07, 6.45) is 0.454. The van der Waals surface area contributed by atoms with Crippen molar-refractivity contribution in [3.05, 3.63) is 70.5 Å². The highest BCUT2D eigenvalue weighted by Crippen LogP contribution is 2.22. The molecule has 6 nitrogen and oxygen atoms in total. The Balaban J connectivity index is 1.49. The molecule has 0 fully saturated rings. The van der Waals surface area contributed by atoms with Crippen molar-refractivity contribution in [3.8, 4) is 11.4 Å². The molecule has 0 spiro atoms. The minimum absolute atomic E-state index is 0.232. The van der Waals surface area contributed by atoms with Gasteiger partial charge >= 0.3 is 0 Å². The van der Waals surface area contributed by atoms with E-state index in [1.54, 1.807) is 34.8 Å². The molecule has 0 amide bonds. The molecule has 0 bridgehead atoms. The van der Waals surface area contributed by atoms with Crippen molar-refractivity contribution in [1.29, 1.82) is 0 Å². The molecule has 0 aliphatic carbocycles. The minimum atomic E-state index is -3.58. The summed E-state index contributed by atoms with van der Waals surface area (Å²) < 4.78 is 42.8. The molecular weight excluding hydrogens is 411 g/mol. The van der Waals surface area contributed by atoms with Crippen LogP contribution in [-0.4, -0.2) is 29.6 Å². The van der Waals surface area contributed by atoms with Gasteiger partial charge in [0.25, 0.3) is 0 Å². The van der Waals surface area contributed by atoms with E-state index in [2.05, 4.69) is 14.8 Å². The zero-order chi connectivity index (χ0) is 20.6. The topological polar surface area (TPSA) is 76.4 Å². The van der Waals surface area contributed by atoms with E-state index in [-0.39, 0.29) is 17.3 Å². The van der Waals surface area contributed by atoms with Crippen molar-refractivity contribution in [2.24, 2.45) is 0 Å². The Hall–Kier alpha value is -2.62. The summed E-state index contributed by atoms with van der Waals surface area (Å²) in [6.45, 7) is 4.06. The third kappa shape index (κ3) is 4.07. The number of rotatable bonds is 6. The van der Waals surface area contributed by atoms with Gasteiger partial charge in [0.1, 0.15) is 5.82 Å². The monoisotopic (exact) mass is 430 g/mol. The molecule has 29 heavy (non-hydrogen) atoms. The standard InChI is InChI=1S/C20H19FN4O2S2/c1-13-6-7-18(10-14(13)2)29(26,27)22-9-8-17-12-28-20-23-19(24-25(17)20)15-4-3-5-16(21)11-15/h3-7,10-12,22H,8-9H2,1-2H3. The molecule has 0 radical (unpaired) electrons. The van der Waals surface area contributed by atoms with Crippen LogP contribution in [0.25, 0.3) is 16.3 Å². The van der Waals surface area contributed by atoms with E-state index in [0.717, 1.165) is 16.8 Å². The maximum Gasteiger partial charge on any atom is 0.240 e. The summed E-state index contributed by atoms with van der Waals surface area (Å²) in [5.74, 6) is 0.0925. The number of aryl methyl sites for hydroxylation is 2. The molecule has 0 aliphatic heterocycles. The number of fused-ring (bicyclic) bond motifs is 1. The molecule has 9 heteroatoms. The fourth-order valence-corrected chi connectivity index (χ4v) is 4.90. The van der Waals surface area contributed by atoms with Crippen molar-refractivity contribution in [2.75, 3.05) is 6.54 Å². The normalized spacial score (nSPS) is 12.0. The average molecular weight is 431 g/mol. The lowest BCUT2D eigenvalue weighted by Crippen LogP contribution is -2.26. The van der Waals surface area contributed by atoms with Crippen molar-refractivity contribution in [2.45, 2.75) is 25.2 Å². The van der Waals surface area contributed by atoms with E-state index in [4.69, 9.17) is 0 Å². The van der Waals surface area contributed by atoms with Crippen LogP contribution in [0, 0.1) is 19.7 Å². The highest BCUT2D eigenvalue weighted by atomic mass is 32.2. The van der Waals surface area contributed by atoms with Gasteiger partial charge in [-0.3, -0.25) is 0 Å².